The SMILES string of the molecule is Cc1ccc(NC(=O)CSc2nc3c(c(=O)[nH]2)CCC3)c(Cl)c1. The Morgan fingerprint density at radius 1 is 1.43 bits per heavy atom. The quantitative estimate of drug-likeness (QED) is 0.657. The van der Waals surface area contributed by atoms with Crippen LogP contribution in [0.3, 0.4) is 0 Å². The van der Waals surface area contributed by atoms with Gasteiger partial charge in [0.1, 0.15) is 0 Å². The predicted octanol–water partition coefficient (Wildman–Crippen LogP) is 2.95. The number of carbonyl (C=O) groups excluding carboxylic acids is 1. The van der Waals surface area contributed by atoms with Gasteiger partial charge in [-0.2, -0.15) is 0 Å². The highest BCUT2D eigenvalue weighted by Gasteiger charge is 2.17. The van der Waals surface area contributed by atoms with E-state index in [1.165, 1.54) is 11.8 Å². The normalized spacial score (nSPS) is 13.0. The van der Waals surface area contributed by atoms with Crippen molar-refractivity contribution < 1.29 is 4.79 Å². The maximum atomic E-state index is 12.0. The number of benzene rings is 1. The summed E-state index contributed by atoms with van der Waals surface area (Å²) < 4.78 is 0. The number of nitrogens with one attached hydrogen (secondary N) is 2. The van der Waals surface area contributed by atoms with Crippen molar-refractivity contribution in [3.63, 3.8) is 0 Å². The van der Waals surface area contributed by atoms with Crippen LogP contribution in [0.25, 0.3) is 0 Å². The molecule has 0 fully saturated rings. The van der Waals surface area contributed by atoms with E-state index in [1.54, 1.807) is 12.1 Å². The second kappa shape index (κ2) is 6.76. The molecule has 0 aliphatic heterocycles. The van der Waals surface area contributed by atoms with Gasteiger partial charge in [-0.3, -0.25) is 9.59 Å². The van der Waals surface area contributed by atoms with Crippen molar-refractivity contribution in [3.8, 4) is 0 Å². The molecule has 7 heteroatoms. The van der Waals surface area contributed by atoms with E-state index in [-0.39, 0.29) is 17.2 Å². The molecule has 1 heterocycles. The fourth-order valence-corrected chi connectivity index (χ4v) is 3.49. The Bertz CT molecular complexity index is 819. The van der Waals surface area contributed by atoms with Gasteiger partial charge in [-0.1, -0.05) is 29.4 Å². The summed E-state index contributed by atoms with van der Waals surface area (Å²) in [6.07, 6.45) is 2.58. The molecule has 0 unspecified atom stereocenters. The van der Waals surface area contributed by atoms with E-state index >= 15 is 0 Å². The van der Waals surface area contributed by atoms with Crippen LogP contribution in [0, 0.1) is 6.92 Å². The Labute approximate surface area is 142 Å². The monoisotopic (exact) mass is 349 g/mol. The topological polar surface area (TPSA) is 74.8 Å². The van der Waals surface area contributed by atoms with Crippen molar-refractivity contribution in [2.24, 2.45) is 0 Å². The molecular formula is C16H16ClN3O2S. The number of amides is 1. The fourth-order valence-electron chi connectivity index (χ4n) is 2.53. The summed E-state index contributed by atoms with van der Waals surface area (Å²) >= 11 is 7.31. The number of H-pyrrole nitrogens is 1. The molecule has 2 aromatic rings. The van der Waals surface area contributed by atoms with Gasteiger partial charge in [0.05, 0.1) is 22.2 Å². The third-order valence-electron chi connectivity index (χ3n) is 3.66. The molecule has 0 bridgehead atoms. The molecule has 5 nitrogen and oxygen atoms in total. The highest BCUT2D eigenvalue weighted by atomic mass is 35.5. The number of nitrogens with zero attached hydrogens (tertiary/aromatic N) is 1. The Morgan fingerprint density at radius 2 is 2.26 bits per heavy atom. The van der Waals surface area contributed by atoms with E-state index in [9.17, 15) is 9.59 Å². The molecule has 0 spiro atoms. The van der Waals surface area contributed by atoms with Crippen LogP contribution in [0.4, 0.5) is 5.69 Å². The van der Waals surface area contributed by atoms with Crippen LogP contribution in [0.2, 0.25) is 5.02 Å². The van der Waals surface area contributed by atoms with Crippen LogP contribution in [0.1, 0.15) is 23.2 Å². The van der Waals surface area contributed by atoms with Gasteiger partial charge in [0.25, 0.3) is 5.56 Å². The lowest BCUT2D eigenvalue weighted by molar-refractivity contribution is -0.113. The number of hydrogen-bond donors (Lipinski definition) is 2. The van der Waals surface area contributed by atoms with Crippen molar-refractivity contribution in [1.82, 2.24) is 9.97 Å². The molecule has 1 aliphatic rings. The Balaban J connectivity index is 1.63. The smallest absolute Gasteiger partial charge is 0.254 e. The number of carbonyl (C=O) groups is 1. The molecule has 1 aliphatic carbocycles. The molecule has 0 saturated carbocycles. The van der Waals surface area contributed by atoms with Gasteiger partial charge >= 0.3 is 0 Å². The van der Waals surface area contributed by atoms with Crippen molar-refractivity contribution in [1.29, 1.82) is 0 Å². The fraction of sp³-hybridized carbons (Fsp3) is 0.312. The number of hydrogen-bond acceptors (Lipinski definition) is 4. The number of halogens is 1. The molecule has 0 radical (unpaired) electrons. The summed E-state index contributed by atoms with van der Waals surface area (Å²) in [4.78, 5) is 31.1. The third kappa shape index (κ3) is 3.76. The minimum atomic E-state index is -0.191. The van der Waals surface area contributed by atoms with E-state index in [4.69, 9.17) is 11.6 Å². The molecule has 1 aromatic heterocycles. The first-order valence-corrected chi connectivity index (χ1v) is 8.70. The standard InChI is InChI=1S/C16H16ClN3O2S/c1-9-5-6-13(11(17)7-9)18-14(21)8-23-16-19-12-4-2-3-10(12)15(22)20-16/h5-7H,2-4,8H2,1H3,(H,18,21)(H,19,20,22). The lowest BCUT2D eigenvalue weighted by Gasteiger charge is -2.08. The number of aromatic amines is 1. The van der Waals surface area contributed by atoms with Crippen LogP contribution in [0.5, 0.6) is 0 Å². The first-order valence-electron chi connectivity index (χ1n) is 7.34. The van der Waals surface area contributed by atoms with E-state index in [1.807, 2.05) is 13.0 Å². The first kappa shape index (κ1) is 16.1. The van der Waals surface area contributed by atoms with Crippen LogP contribution in [-0.4, -0.2) is 21.6 Å². The number of thioether (sulfide) groups is 1. The number of aromatic nitrogens is 2. The third-order valence-corrected chi connectivity index (χ3v) is 4.84. The molecular weight excluding hydrogens is 334 g/mol. The Kier molecular flexibility index (Phi) is 4.73. The molecule has 0 atom stereocenters. The average Bonchev–Trinajstić information content (AvgIpc) is 2.97. The van der Waals surface area contributed by atoms with E-state index in [0.29, 0.717) is 15.9 Å². The van der Waals surface area contributed by atoms with Gasteiger partial charge in [-0.05, 0) is 43.9 Å². The predicted molar refractivity (Wildman–Crippen MR) is 92.4 cm³/mol. The zero-order valence-corrected chi connectivity index (χ0v) is 14.2. The van der Waals surface area contributed by atoms with Crippen molar-refractivity contribution in [3.05, 3.63) is 50.4 Å². The Morgan fingerprint density at radius 3 is 3.04 bits per heavy atom. The lowest BCUT2D eigenvalue weighted by atomic mass is 10.2. The summed E-state index contributed by atoms with van der Waals surface area (Å²) in [6.45, 7) is 1.93. The number of anilines is 1. The van der Waals surface area contributed by atoms with Gasteiger partial charge in [-0.25, -0.2) is 4.98 Å². The van der Waals surface area contributed by atoms with Gasteiger partial charge in [0, 0.05) is 5.56 Å². The van der Waals surface area contributed by atoms with Crippen LogP contribution in [0.15, 0.2) is 28.2 Å². The van der Waals surface area contributed by atoms with Gasteiger partial charge in [-0.15, -0.1) is 0 Å². The largest absolute Gasteiger partial charge is 0.324 e. The van der Waals surface area contributed by atoms with Gasteiger partial charge < -0.3 is 10.3 Å². The van der Waals surface area contributed by atoms with Crippen molar-refractivity contribution in [2.45, 2.75) is 31.3 Å². The average molecular weight is 350 g/mol. The molecule has 3 rings (SSSR count). The van der Waals surface area contributed by atoms with E-state index in [0.717, 1.165) is 36.1 Å². The number of fused-ring (bicyclic) bond motifs is 1. The van der Waals surface area contributed by atoms with E-state index < -0.39 is 0 Å². The first-order chi connectivity index (χ1) is 11.0. The summed E-state index contributed by atoms with van der Waals surface area (Å²) in [5, 5.41) is 3.76. The minimum Gasteiger partial charge on any atom is -0.324 e. The zero-order chi connectivity index (χ0) is 16.4. The number of rotatable bonds is 4. The molecule has 2 N–H and O–H groups in total. The van der Waals surface area contributed by atoms with E-state index in [2.05, 4.69) is 15.3 Å². The second-order valence-electron chi connectivity index (χ2n) is 5.47. The maximum Gasteiger partial charge on any atom is 0.254 e. The van der Waals surface area contributed by atoms with Crippen LogP contribution in [-0.2, 0) is 17.6 Å². The number of aryl methyl sites for hydroxylation is 2. The Hall–Kier alpha value is -1.79. The summed E-state index contributed by atoms with van der Waals surface area (Å²) in [6, 6.07) is 5.45. The maximum absolute atomic E-state index is 12.0. The lowest BCUT2D eigenvalue weighted by Crippen LogP contribution is -2.17. The minimum absolute atomic E-state index is 0.0861. The van der Waals surface area contributed by atoms with Crippen molar-refractivity contribution in [2.75, 3.05) is 11.1 Å². The van der Waals surface area contributed by atoms with Crippen molar-refractivity contribution >= 4 is 35.0 Å². The highest BCUT2D eigenvalue weighted by Crippen LogP contribution is 2.23. The van der Waals surface area contributed by atoms with Gasteiger partial charge in [0.15, 0.2) is 5.16 Å². The van der Waals surface area contributed by atoms with Gasteiger partial charge in [0.2, 0.25) is 5.91 Å². The highest BCUT2D eigenvalue weighted by molar-refractivity contribution is 7.99. The summed E-state index contributed by atoms with van der Waals surface area (Å²) in [5.41, 5.74) is 3.17. The van der Waals surface area contributed by atoms with Crippen LogP contribution < -0.4 is 10.9 Å². The zero-order valence-electron chi connectivity index (χ0n) is 12.6. The molecule has 1 amide bonds. The molecule has 0 saturated heterocycles. The van der Waals surface area contributed by atoms with Crippen LogP contribution >= 0.6 is 23.4 Å². The summed E-state index contributed by atoms with van der Waals surface area (Å²) in [7, 11) is 0. The summed E-state index contributed by atoms with van der Waals surface area (Å²) in [5.74, 6) is -0.0322. The molecule has 1 aromatic carbocycles. The molecule has 23 heavy (non-hydrogen) atoms. The molecule has 120 valence electrons. The second-order valence-corrected chi connectivity index (χ2v) is 6.84.